The third kappa shape index (κ3) is 4.94. The van der Waals surface area contributed by atoms with Crippen LogP contribution in [0.2, 0.25) is 0 Å². The molecule has 2 heterocycles. The molecule has 1 fully saturated rings. The molecule has 1 saturated heterocycles. The minimum absolute atomic E-state index is 0. The summed E-state index contributed by atoms with van der Waals surface area (Å²) in [4.78, 5) is 28.5. The number of nitrogens with one attached hydrogen (secondary N) is 1. The van der Waals surface area contributed by atoms with Crippen molar-refractivity contribution in [1.29, 1.82) is 0 Å². The van der Waals surface area contributed by atoms with Crippen molar-refractivity contribution < 1.29 is 9.59 Å². The molecule has 1 N–H and O–H groups in total. The van der Waals surface area contributed by atoms with Crippen molar-refractivity contribution in [3.05, 3.63) is 20.8 Å². The van der Waals surface area contributed by atoms with Crippen molar-refractivity contribution in [2.24, 2.45) is 0 Å². The number of hydrogen-bond donors (Lipinski definition) is 1. The monoisotopic (exact) mass is 409 g/mol. The molecule has 2 amide bonds. The summed E-state index contributed by atoms with van der Waals surface area (Å²) in [6, 6.07) is 3.98. The topological polar surface area (TPSA) is 52.7 Å². The number of likely N-dealkylation sites (tertiary alicyclic amines) is 1. The van der Waals surface area contributed by atoms with Gasteiger partial charge in [0.15, 0.2) is 0 Å². The highest BCUT2D eigenvalue weighted by Crippen LogP contribution is 2.23. The van der Waals surface area contributed by atoms with Crippen molar-refractivity contribution in [1.82, 2.24) is 15.1 Å². The number of likely N-dealkylation sites (N-methyl/N-ethyl adjacent to an activating group) is 2. The van der Waals surface area contributed by atoms with E-state index in [-0.39, 0.29) is 30.8 Å². The Morgan fingerprint density at radius 3 is 2.82 bits per heavy atom. The number of amides is 2. The molecule has 1 aliphatic rings. The van der Waals surface area contributed by atoms with E-state index in [9.17, 15) is 9.59 Å². The highest BCUT2D eigenvalue weighted by molar-refractivity contribution is 9.11. The molecule has 124 valence electrons. The number of rotatable bonds is 4. The van der Waals surface area contributed by atoms with Gasteiger partial charge in [0.05, 0.1) is 15.2 Å². The Morgan fingerprint density at radius 2 is 2.23 bits per heavy atom. The number of nitrogens with zero attached hydrogens (tertiary/aromatic N) is 2. The highest BCUT2D eigenvalue weighted by Gasteiger charge is 2.25. The lowest BCUT2D eigenvalue weighted by molar-refractivity contribution is -0.133. The van der Waals surface area contributed by atoms with E-state index in [1.165, 1.54) is 16.2 Å². The number of carbonyl (C=O) groups excluding carboxylic acids is 2. The van der Waals surface area contributed by atoms with Crippen LogP contribution >= 0.6 is 39.7 Å². The number of thiophene rings is 1. The number of halogens is 2. The van der Waals surface area contributed by atoms with Crippen LogP contribution in [0.25, 0.3) is 0 Å². The first-order chi connectivity index (χ1) is 10.0. The summed E-state index contributed by atoms with van der Waals surface area (Å²) in [7, 11) is 3.59. The minimum atomic E-state index is -0.110. The predicted octanol–water partition coefficient (Wildman–Crippen LogP) is 2.21. The molecule has 1 unspecified atom stereocenters. The Labute approximate surface area is 149 Å². The van der Waals surface area contributed by atoms with E-state index in [1.54, 1.807) is 13.1 Å². The molecule has 2 rings (SSSR count). The van der Waals surface area contributed by atoms with Crippen molar-refractivity contribution in [3.8, 4) is 0 Å². The van der Waals surface area contributed by atoms with Gasteiger partial charge in [0.2, 0.25) is 5.91 Å². The first kappa shape index (κ1) is 19.4. The molecule has 0 saturated carbocycles. The summed E-state index contributed by atoms with van der Waals surface area (Å²) in [5, 5.41) is 3.22. The average molecular weight is 411 g/mol. The SMILES string of the molecule is CNC1CCCN(C(=O)CN(C)C(=O)c2ccc(Br)s2)C1.Cl. The van der Waals surface area contributed by atoms with Gasteiger partial charge in [-0.25, -0.2) is 0 Å². The van der Waals surface area contributed by atoms with Gasteiger partial charge in [0.1, 0.15) is 0 Å². The number of piperidine rings is 1. The van der Waals surface area contributed by atoms with Crippen LogP contribution in [0.15, 0.2) is 15.9 Å². The molecule has 8 heteroatoms. The number of carbonyl (C=O) groups is 2. The van der Waals surface area contributed by atoms with E-state index in [0.717, 1.165) is 29.7 Å². The zero-order chi connectivity index (χ0) is 15.4. The maximum absolute atomic E-state index is 12.3. The maximum Gasteiger partial charge on any atom is 0.264 e. The van der Waals surface area contributed by atoms with E-state index in [4.69, 9.17) is 0 Å². The van der Waals surface area contributed by atoms with Gasteiger partial charge in [-0.1, -0.05) is 0 Å². The molecule has 22 heavy (non-hydrogen) atoms. The average Bonchev–Trinajstić information content (AvgIpc) is 2.92. The third-order valence-corrected chi connectivity index (χ3v) is 5.30. The predicted molar refractivity (Wildman–Crippen MR) is 94.9 cm³/mol. The largest absolute Gasteiger partial charge is 0.340 e. The summed E-state index contributed by atoms with van der Waals surface area (Å²) < 4.78 is 0.915. The summed E-state index contributed by atoms with van der Waals surface area (Å²) >= 11 is 4.72. The molecule has 5 nitrogen and oxygen atoms in total. The first-order valence-corrected chi connectivity index (χ1v) is 8.58. The van der Waals surface area contributed by atoms with Crippen molar-refractivity contribution in [2.75, 3.05) is 33.7 Å². The standard InChI is InChI=1S/C14H20BrN3O2S.ClH/c1-16-10-4-3-7-18(8-10)13(19)9-17(2)14(20)11-5-6-12(15)21-11;/h5-6,10,16H,3-4,7-9H2,1-2H3;1H. The van der Waals surface area contributed by atoms with Gasteiger partial charge < -0.3 is 15.1 Å². The Hall–Kier alpha value is -0.630. The van der Waals surface area contributed by atoms with Gasteiger partial charge in [-0.05, 0) is 48.0 Å². The summed E-state index contributed by atoms with van der Waals surface area (Å²) in [5.74, 6) is -0.0948. The van der Waals surface area contributed by atoms with E-state index >= 15 is 0 Å². The molecular formula is C14H21BrClN3O2S. The lowest BCUT2D eigenvalue weighted by Crippen LogP contribution is -2.50. The molecule has 0 aliphatic carbocycles. The Balaban J connectivity index is 0.00000242. The van der Waals surface area contributed by atoms with E-state index in [1.807, 2.05) is 18.0 Å². The van der Waals surface area contributed by atoms with Gasteiger partial charge in [-0.2, -0.15) is 0 Å². The van der Waals surface area contributed by atoms with Gasteiger partial charge >= 0.3 is 0 Å². The molecule has 0 radical (unpaired) electrons. The fourth-order valence-electron chi connectivity index (χ4n) is 2.43. The van der Waals surface area contributed by atoms with Gasteiger partial charge in [0, 0.05) is 26.2 Å². The molecule has 0 aromatic carbocycles. The lowest BCUT2D eigenvalue weighted by Gasteiger charge is -2.33. The summed E-state index contributed by atoms with van der Waals surface area (Å²) in [5.41, 5.74) is 0. The quantitative estimate of drug-likeness (QED) is 0.828. The normalized spacial score (nSPS) is 17.8. The smallest absolute Gasteiger partial charge is 0.264 e. The van der Waals surface area contributed by atoms with Crippen LogP contribution in [-0.4, -0.2) is 61.4 Å². The summed E-state index contributed by atoms with van der Waals surface area (Å²) in [6.07, 6.45) is 2.10. The van der Waals surface area contributed by atoms with Crippen molar-refractivity contribution in [3.63, 3.8) is 0 Å². The second kappa shape index (κ2) is 8.86. The third-order valence-electron chi connectivity index (χ3n) is 3.69. The zero-order valence-corrected chi connectivity index (χ0v) is 15.9. The second-order valence-corrected chi connectivity index (χ2v) is 7.70. The van der Waals surface area contributed by atoms with Crippen molar-refractivity contribution in [2.45, 2.75) is 18.9 Å². The molecule has 1 aromatic rings. The molecule has 1 aromatic heterocycles. The molecule has 0 spiro atoms. The van der Waals surface area contributed by atoms with Gasteiger partial charge in [-0.3, -0.25) is 9.59 Å². The van der Waals surface area contributed by atoms with Crippen LogP contribution in [0.3, 0.4) is 0 Å². The Bertz CT molecular complexity index is 526. The number of hydrogen-bond acceptors (Lipinski definition) is 4. The van der Waals surface area contributed by atoms with Crippen LogP contribution < -0.4 is 5.32 Å². The van der Waals surface area contributed by atoms with Crippen molar-refractivity contribution >= 4 is 51.5 Å². The van der Waals surface area contributed by atoms with E-state index in [2.05, 4.69) is 21.2 Å². The fraction of sp³-hybridized carbons (Fsp3) is 0.571. The molecule has 0 bridgehead atoms. The fourth-order valence-corrected chi connectivity index (χ4v) is 3.81. The molecular weight excluding hydrogens is 390 g/mol. The van der Waals surface area contributed by atoms with Crippen LogP contribution in [0.4, 0.5) is 0 Å². The molecule has 1 aliphatic heterocycles. The van der Waals surface area contributed by atoms with Crippen LogP contribution in [-0.2, 0) is 4.79 Å². The van der Waals surface area contributed by atoms with E-state index < -0.39 is 0 Å². The summed E-state index contributed by atoms with van der Waals surface area (Å²) in [6.45, 7) is 1.64. The maximum atomic E-state index is 12.3. The Morgan fingerprint density at radius 1 is 1.50 bits per heavy atom. The van der Waals surface area contributed by atoms with Crippen LogP contribution in [0.1, 0.15) is 22.5 Å². The van der Waals surface area contributed by atoms with Gasteiger partial charge in [-0.15, -0.1) is 23.7 Å². The molecule has 1 atom stereocenters. The van der Waals surface area contributed by atoms with Crippen LogP contribution in [0.5, 0.6) is 0 Å². The zero-order valence-electron chi connectivity index (χ0n) is 12.7. The highest BCUT2D eigenvalue weighted by atomic mass is 79.9. The first-order valence-electron chi connectivity index (χ1n) is 6.97. The van der Waals surface area contributed by atoms with E-state index in [0.29, 0.717) is 10.9 Å². The van der Waals surface area contributed by atoms with Crippen LogP contribution in [0, 0.1) is 0 Å². The minimum Gasteiger partial charge on any atom is -0.340 e. The van der Waals surface area contributed by atoms with Gasteiger partial charge in [0.25, 0.3) is 5.91 Å². The lowest BCUT2D eigenvalue weighted by atomic mass is 10.1. The second-order valence-electron chi connectivity index (χ2n) is 5.23. The Kier molecular flexibility index (Phi) is 7.82.